The van der Waals surface area contributed by atoms with Gasteiger partial charge >= 0.3 is 0 Å². The van der Waals surface area contributed by atoms with Gasteiger partial charge in [0.15, 0.2) is 0 Å². The van der Waals surface area contributed by atoms with Crippen molar-refractivity contribution in [1.29, 1.82) is 0 Å². The molecule has 0 radical (unpaired) electrons. The van der Waals surface area contributed by atoms with Crippen molar-refractivity contribution in [2.45, 2.75) is 32.7 Å². The number of rotatable bonds is 7. The van der Waals surface area contributed by atoms with Crippen LogP contribution in [0.25, 0.3) is 0 Å². The van der Waals surface area contributed by atoms with Gasteiger partial charge < -0.3 is 9.64 Å². The molecule has 0 fully saturated rings. The summed E-state index contributed by atoms with van der Waals surface area (Å²) in [5, 5.41) is 0.710. The van der Waals surface area contributed by atoms with Gasteiger partial charge in [-0.15, -0.1) is 0 Å². The van der Waals surface area contributed by atoms with Crippen molar-refractivity contribution >= 4 is 17.5 Å². The average Bonchev–Trinajstić information content (AvgIpc) is 2.42. The van der Waals surface area contributed by atoms with Crippen molar-refractivity contribution in [2.24, 2.45) is 0 Å². The van der Waals surface area contributed by atoms with Gasteiger partial charge in [0, 0.05) is 31.7 Å². The molecule has 0 aliphatic rings. The molecule has 0 aliphatic carbocycles. The minimum Gasteiger partial charge on any atom is -0.382 e. The van der Waals surface area contributed by atoms with Gasteiger partial charge in [0.2, 0.25) is 5.91 Å². The lowest BCUT2D eigenvalue weighted by Crippen LogP contribution is -2.29. The Morgan fingerprint density at radius 3 is 2.58 bits per heavy atom. The molecular weight excluding hydrogens is 262 g/mol. The molecule has 19 heavy (non-hydrogen) atoms. The molecule has 0 saturated carbocycles. The maximum Gasteiger partial charge on any atom is 0.222 e. The second-order valence-electron chi connectivity index (χ2n) is 4.53. The van der Waals surface area contributed by atoms with Gasteiger partial charge in [-0.3, -0.25) is 4.79 Å². The Bertz CT molecular complexity index is 392. The summed E-state index contributed by atoms with van der Waals surface area (Å²) in [6.45, 7) is 5.32. The maximum absolute atomic E-state index is 12.0. The summed E-state index contributed by atoms with van der Waals surface area (Å²) in [7, 11) is 1.84. The van der Waals surface area contributed by atoms with Crippen LogP contribution in [-0.2, 0) is 9.53 Å². The topological polar surface area (TPSA) is 29.5 Å². The van der Waals surface area contributed by atoms with Crippen molar-refractivity contribution in [3.8, 4) is 0 Å². The van der Waals surface area contributed by atoms with Crippen LogP contribution in [0.15, 0.2) is 24.3 Å². The Balaban J connectivity index is 2.49. The maximum atomic E-state index is 12.0. The lowest BCUT2D eigenvalue weighted by atomic mass is 10.1. The number of hydrogen-bond donors (Lipinski definition) is 0. The number of carbonyl (C=O) groups is 1. The van der Waals surface area contributed by atoms with Crippen molar-refractivity contribution < 1.29 is 9.53 Å². The summed E-state index contributed by atoms with van der Waals surface area (Å²) >= 11 is 5.86. The number of nitrogens with zero attached hydrogens (tertiary/aromatic N) is 1. The molecule has 0 spiro atoms. The summed E-state index contributed by atoms with van der Waals surface area (Å²) in [5.41, 5.74) is 1.09. The van der Waals surface area contributed by atoms with E-state index in [1.807, 2.05) is 45.2 Å². The minimum absolute atomic E-state index is 0.0526. The highest BCUT2D eigenvalue weighted by Crippen LogP contribution is 2.21. The molecule has 1 amide bonds. The van der Waals surface area contributed by atoms with Gasteiger partial charge in [-0.1, -0.05) is 23.7 Å². The van der Waals surface area contributed by atoms with Crippen LogP contribution in [0, 0.1) is 0 Å². The highest BCUT2D eigenvalue weighted by atomic mass is 35.5. The van der Waals surface area contributed by atoms with E-state index < -0.39 is 0 Å². The first-order valence-corrected chi connectivity index (χ1v) is 7.03. The standard InChI is InChI=1S/C15H22ClNO2/c1-4-19-11-5-6-15(18)17(3)12(2)13-7-9-14(16)10-8-13/h7-10,12H,4-6,11H2,1-3H3. The highest BCUT2D eigenvalue weighted by Gasteiger charge is 2.16. The van der Waals surface area contributed by atoms with E-state index in [4.69, 9.17) is 16.3 Å². The lowest BCUT2D eigenvalue weighted by molar-refractivity contribution is -0.132. The summed E-state index contributed by atoms with van der Waals surface area (Å²) in [5.74, 6) is 0.141. The Hall–Kier alpha value is -1.06. The number of benzene rings is 1. The SMILES string of the molecule is CCOCCCC(=O)N(C)C(C)c1ccc(Cl)cc1. The predicted octanol–water partition coefficient (Wildman–Crippen LogP) is 3.68. The molecule has 1 aromatic carbocycles. The number of amides is 1. The van der Waals surface area contributed by atoms with E-state index in [1.165, 1.54) is 0 Å². The van der Waals surface area contributed by atoms with Gasteiger partial charge in [0.05, 0.1) is 6.04 Å². The van der Waals surface area contributed by atoms with E-state index in [0.717, 1.165) is 12.0 Å². The fourth-order valence-electron chi connectivity index (χ4n) is 1.83. The van der Waals surface area contributed by atoms with E-state index >= 15 is 0 Å². The number of ether oxygens (including phenoxy) is 1. The molecule has 1 atom stereocenters. The van der Waals surface area contributed by atoms with Crippen molar-refractivity contribution in [1.82, 2.24) is 4.90 Å². The largest absolute Gasteiger partial charge is 0.382 e. The third-order valence-corrected chi connectivity index (χ3v) is 3.46. The fraction of sp³-hybridized carbons (Fsp3) is 0.533. The fourth-order valence-corrected chi connectivity index (χ4v) is 1.95. The van der Waals surface area contributed by atoms with Gasteiger partial charge in [-0.05, 0) is 38.0 Å². The zero-order chi connectivity index (χ0) is 14.3. The van der Waals surface area contributed by atoms with Crippen LogP contribution < -0.4 is 0 Å². The zero-order valence-corrected chi connectivity index (χ0v) is 12.6. The molecule has 0 saturated heterocycles. The third kappa shape index (κ3) is 5.21. The molecule has 0 aromatic heterocycles. The second-order valence-corrected chi connectivity index (χ2v) is 4.97. The highest BCUT2D eigenvalue weighted by molar-refractivity contribution is 6.30. The molecule has 3 nitrogen and oxygen atoms in total. The van der Waals surface area contributed by atoms with Gasteiger partial charge in [-0.2, -0.15) is 0 Å². The Morgan fingerprint density at radius 1 is 1.37 bits per heavy atom. The zero-order valence-electron chi connectivity index (χ0n) is 11.9. The molecule has 1 unspecified atom stereocenters. The predicted molar refractivity (Wildman–Crippen MR) is 78.4 cm³/mol. The quantitative estimate of drug-likeness (QED) is 0.715. The molecule has 4 heteroatoms. The first kappa shape index (κ1) is 16.0. The molecule has 1 aromatic rings. The minimum atomic E-state index is 0.0526. The van der Waals surface area contributed by atoms with Crippen LogP contribution in [0.4, 0.5) is 0 Å². The lowest BCUT2D eigenvalue weighted by Gasteiger charge is -2.25. The van der Waals surface area contributed by atoms with E-state index in [2.05, 4.69) is 0 Å². The van der Waals surface area contributed by atoms with Gasteiger partial charge in [-0.25, -0.2) is 0 Å². The number of carbonyl (C=O) groups excluding carboxylic acids is 1. The Morgan fingerprint density at radius 2 is 2.00 bits per heavy atom. The molecule has 106 valence electrons. The van der Waals surface area contributed by atoms with Crippen LogP contribution in [0.2, 0.25) is 5.02 Å². The van der Waals surface area contributed by atoms with Crippen LogP contribution in [0.3, 0.4) is 0 Å². The smallest absolute Gasteiger partial charge is 0.222 e. The molecule has 1 rings (SSSR count). The average molecular weight is 284 g/mol. The van der Waals surface area contributed by atoms with Crippen LogP contribution in [0.1, 0.15) is 38.3 Å². The Labute approximate surface area is 120 Å². The van der Waals surface area contributed by atoms with Crippen LogP contribution in [0.5, 0.6) is 0 Å². The van der Waals surface area contributed by atoms with Crippen LogP contribution in [-0.4, -0.2) is 31.1 Å². The molecular formula is C15H22ClNO2. The monoisotopic (exact) mass is 283 g/mol. The molecule has 0 bridgehead atoms. The van der Waals surface area contributed by atoms with E-state index in [9.17, 15) is 4.79 Å². The van der Waals surface area contributed by atoms with Gasteiger partial charge in [0.25, 0.3) is 0 Å². The normalized spacial score (nSPS) is 12.2. The molecule has 0 aliphatic heterocycles. The summed E-state index contributed by atoms with van der Waals surface area (Å²) in [4.78, 5) is 13.8. The van der Waals surface area contributed by atoms with Crippen molar-refractivity contribution in [3.05, 3.63) is 34.9 Å². The first-order chi connectivity index (χ1) is 9.06. The van der Waals surface area contributed by atoms with Crippen molar-refractivity contribution in [2.75, 3.05) is 20.3 Å². The summed E-state index contributed by atoms with van der Waals surface area (Å²) < 4.78 is 5.24. The Kier molecular flexibility index (Phi) is 6.89. The second kappa shape index (κ2) is 8.18. The van der Waals surface area contributed by atoms with E-state index in [0.29, 0.717) is 24.7 Å². The van der Waals surface area contributed by atoms with Crippen molar-refractivity contribution in [3.63, 3.8) is 0 Å². The molecule has 0 N–H and O–H groups in total. The van der Waals surface area contributed by atoms with E-state index in [-0.39, 0.29) is 11.9 Å². The third-order valence-electron chi connectivity index (χ3n) is 3.21. The number of hydrogen-bond acceptors (Lipinski definition) is 2. The van der Waals surface area contributed by atoms with Crippen LogP contribution >= 0.6 is 11.6 Å². The molecule has 0 heterocycles. The summed E-state index contributed by atoms with van der Waals surface area (Å²) in [6, 6.07) is 7.66. The number of halogens is 1. The summed E-state index contributed by atoms with van der Waals surface area (Å²) in [6.07, 6.45) is 1.29. The first-order valence-electron chi connectivity index (χ1n) is 6.65. The van der Waals surface area contributed by atoms with E-state index in [1.54, 1.807) is 4.90 Å². The van der Waals surface area contributed by atoms with Gasteiger partial charge in [0.1, 0.15) is 0 Å².